The highest BCUT2D eigenvalue weighted by molar-refractivity contribution is 6.34. The number of carbonyl (C=O) groups excluding carboxylic acids is 1. The number of benzene rings is 1. The van der Waals surface area contributed by atoms with Gasteiger partial charge >= 0.3 is 6.18 Å². The Balaban J connectivity index is 1.50. The van der Waals surface area contributed by atoms with Crippen LogP contribution in [0.25, 0.3) is 10.9 Å². The van der Waals surface area contributed by atoms with Crippen LogP contribution < -0.4 is 10.5 Å². The summed E-state index contributed by atoms with van der Waals surface area (Å²) in [7, 11) is 1.54. The van der Waals surface area contributed by atoms with Gasteiger partial charge in [-0.2, -0.15) is 13.2 Å². The molecule has 0 spiro atoms. The summed E-state index contributed by atoms with van der Waals surface area (Å²) in [6.45, 7) is 0.701. The van der Waals surface area contributed by atoms with Crippen LogP contribution in [0.1, 0.15) is 38.8 Å². The van der Waals surface area contributed by atoms with Gasteiger partial charge in [0.25, 0.3) is 5.91 Å². The van der Waals surface area contributed by atoms with Crippen LogP contribution in [-0.2, 0) is 24.1 Å². The minimum atomic E-state index is -4.59. The van der Waals surface area contributed by atoms with Gasteiger partial charge in [-0.25, -0.2) is 4.98 Å². The maximum atomic E-state index is 13.3. The number of anilines is 1. The van der Waals surface area contributed by atoms with E-state index in [0.29, 0.717) is 35.5 Å². The Morgan fingerprint density at radius 1 is 1.25 bits per heavy atom. The first-order valence-electron chi connectivity index (χ1n) is 9.60. The predicted molar refractivity (Wildman–Crippen MR) is 109 cm³/mol. The van der Waals surface area contributed by atoms with Gasteiger partial charge in [0.1, 0.15) is 23.9 Å². The highest BCUT2D eigenvalue weighted by Gasteiger charge is 2.37. The number of amides is 1. The fourth-order valence-corrected chi connectivity index (χ4v) is 4.28. The van der Waals surface area contributed by atoms with Crippen molar-refractivity contribution in [3.63, 3.8) is 0 Å². The first-order valence-corrected chi connectivity index (χ1v) is 9.98. The minimum Gasteiger partial charge on any atom is -0.491 e. The Bertz CT molecular complexity index is 1280. The molecule has 2 N–H and O–H groups in total. The quantitative estimate of drug-likeness (QED) is 0.613. The molecule has 2 aliphatic heterocycles. The normalized spacial score (nSPS) is 17.2. The van der Waals surface area contributed by atoms with E-state index in [4.69, 9.17) is 26.8 Å². The molecule has 0 fully saturated rings. The smallest absolute Gasteiger partial charge is 0.433 e. The Labute approximate surface area is 184 Å². The van der Waals surface area contributed by atoms with Gasteiger partial charge in [0, 0.05) is 35.8 Å². The first kappa shape index (κ1) is 20.8. The molecule has 7 nitrogen and oxygen atoms in total. The summed E-state index contributed by atoms with van der Waals surface area (Å²) in [6.07, 6.45) is -3.49. The molecule has 2 aliphatic rings. The first-order chi connectivity index (χ1) is 15.1. The topological polar surface area (TPSA) is 90.6 Å². The third-order valence-corrected chi connectivity index (χ3v) is 6.09. The largest absolute Gasteiger partial charge is 0.491 e. The van der Waals surface area contributed by atoms with Crippen molar-refractivity contribution in [2.75, 3.05) is 19.4 Å². The van der Waals surface area contributed by atoms with Gasteiger partial charge in [-0.15, -0.1) is 0 Å². The van der Waals surface area contributed by atoms with Gasteiger partial charge < -0.3 is 20.1 Å². The molecule has 0 saturated heterocycles. The molecule has 0 radical (unpaired) electrons. The SMILES string of the molecule is CN(C(=O)c1cc2c3c(c(N)nc2cc1Cl)COC3)[C@@H]1COc2cc(C(F)(F)F)ncc21. The number of ether oxygens (including phenoxy) is 2. The van der Waals surface area contributed by atoms with E-state index >= 15 is 0 Å². The molecule has 5 rings (SSSR count). The van der Waals surface area contributed by atoms with Crippen LogP contribution in [0, 0.1) is 0 Å². The molecule has 2 aromatic heterocycles. The van der Waals surface area contributed by atoms with E-state index in [1.54, 1.807) is 19.2 Å². The number of pyridine rings is 2. The maximum Gasteiger partial charge on any atom is 0.433 e. The van der Waals surface area contributed by atoms with Crippen LogP contribution in [0.2, 0.25) is 5.02 Å². The van der Waals surface area contributed by atoms with Crippen molar-refractivity contribution in [2.24, 2.45) is 0 Å². The lowest BCUT2D eigenvalue weighted by molar-refractivity contribution is -0.141. The number of halogens is 4. The molecule has 0 saturated carbocycles. The minimum absolute atomic E-state index is 0.00704. The molecular formula is C21H16ClF3N4O3. The summed E-state index contributed by atoms with van der Waals surface area (Å²) >= 11 is 6.40. The van der Waals surface area contributed by atoms with Crippen LogP contribution in [-0.4, -0.2) is 34.4 Å². The number of carbonyl (C=O) groups is 1. The zero-order valence-electron chi connectivity index (χ0n) is 16.7. The number of aromatic nitrogens is 2. The van der Waals surface area contributed by atoms with Crippen LogP contribution in [0.15, 0.2) is 24.4 Å². The summed E-state index contributed by atoms with van der Waals surface area (Å²) in [5.74, 6) is 0.00154. The summed E-state index contributed by atoms with van der Waals surface area (Å²) in [6, 6.07) is 3.45. The monoisotopic (exact) mass is 464 g/mol. The van der Waals surface area contributed by atoms with Crippen molar-refractivity contribution in [1.29, 1.82) is 0 Å². The van der Waals surface area contributed by atoms with Gasteiger partial charge in [-0.3, -0.25) is 9.78 Å². The molecule has 4 heterocycles. The number of alkyl halides is 3. The number of hydrogen-bond donors (Lipinski definition) is 1. The summed E-state index contributed by atoms with van der Waals surface area (Å²) in [5, 5.41) is 0.900. The number of likely N-dealkylation sites (N-methyl/N-ethyl adjacent to an activating group) is 1. The van der Waals surface area contributed by atoms with Crippen molar-refractivity contribution in [2.45, 2.75) is 25.4 Å². The standard InChI is InChI=1S/C21H16ClF3N4O3/c1-29(16-8-32-17-4-18(21(23,24)25)27-5-11(16)17)20(30)10-2-9-12-6-31-7-13(12)19(26)28-15(9)3-14(10)22/h2-5,16H,6-8H2,1H3,(H2,26,28)/t16-/m1/s1. The third-order valence-electron chi connectivity index (χ3n) is 5.78. The fraction of sp³-hybridized carbons (Fsp3) is 0.286. The number of hydrogen-bond acceptors (Lipinski definition) is 6. The van der Waals surface area contributed by atoms with E-state index in [9.17, 15) is 18.0 Å². The zero-order chi connectivity index (χ0) is 22.8. The molecule has 166 valence electrons. The van der Waals surface area contributed by atoms with Crippen LogP contribution in [0.3, 0.4) is 0 Å². The highest BCUT2D eigenvalue weighted by atomic mass is 35.5. The van der Waals surface area contributed by atoms with Crippen molar-refractivity contribution in [1.82, 2.24) is 14.9 Å². The molecule has 1 atom stereocenters. The molecule has 32 heavy (non-hydrogen) atoms. The van der Waals surface area contributed by atoms with Gasteiger partial charge in [0.15, 0.2) is 0 Å². The lowest BCUT2D eigenvalue weighted by atomic mass is 10.0. The number of nitrogens with two attached hydrogens (primary N) is 1. The number of nitrogens with zero attached hydrogens (tertiary/aromatic N) is 3. The zero-order valence-corrected chi connectivity index (χ0v) is 17.4. The van der Waals surface area contributed by atoms with Crippen molar-refractivity contribution >= 4 is 34.2 Å². The third kappa shape index (κ3) is 3.21. The van der Waals surface area contributed by atoms with Crippen LogP contribution in [0.4, 0.5) is 19.0 Å². The molecule has 0 unspecified atom stereocenters. The Kier molecular flexibility index (Phi) is 4.68. The number of rotatable bonds is 2. The van der Waals surface area contributed by atoms with Crippen LogP contribution >= 0.6 is 11.6 Å². The molecule has 1 aromatic carbocycles. The molecule has 0 bridgehead atoms. The predicted octanol–water partition coefficient (Wildman–Crippen LogP) is 4.12. The summed E-state index contributed by atoms with van der Waals surface area (Å²) < 4.78 is 49.7. The Morgan fingerprint density at radius 3 is 2.75 bits per heavy atom. The lowest BCUT2D eigenvalue weighted by Gasteiger charge is -2.24. The molecule has 3 aromatic rings. The number of fused-ring (bicyclic) bond motifs is 4. The van der Waals surface area contributed by atoms with E-state index in [0.717, 1.165) is 23.4 Å². The second-order valence-electron chi connectivity index (χ2n) is 7.64. The molecule has 0 aliphatic carbocycles. The lowest BCUT2D eigenvalue weighted by Crippen LogP contribution is -2.32. The maximum absolute atomic E-state index is 13.3. The van der Waals surface area contributed by atoms with E-state index < -0.39 is 23.8 Å². The molecule has 11 heteroatoms. The fourth-order valence-electron chi connectivity index (χ4n) is 4.04. The second kappa shape index (κ2) is 7.21. The summed E-state index contributed by atoms with van der Waals surface area (Å²) in [5.41, 5.74) is 7.78. The Hall–Kier alpha value is -3.11. The van der Waals surface area contributed by atoms with Crippen LogP contribution in [0.5, 0.6) is 5.75 Å². The van der Waals surface area contributed by atoms with Gasteiger partial charge in [0.2, 0.25) is 0 Å². The van der Waals surface area contributed by atoms with E-state index in [1.165, 1.54) is 4.90 Å². The van der Waals surface area contributed by atoms with E-state index in [-0.39, 0.29) is 22.9 Å². The van der Waals surface area contributed by atoms with Crippen molar-refractivity contribution in [3.05, 3.63) is 57.4 Å². The average Bonchev–Trinajstić information content (AvgIpc) is 3.39. The number of nitrogen functional groups attached to an aromatic ring is 1. The van der Waals surface area contributed by atoms with Gasteiger partial charge in [-0.05, 0) is 17.7 Å². The molecular weight excluding hydrogens is 449 g/mol. The second-order valence-corrected chi connectivity index (χ2v) is 8.05. The van der Waals surface area contributed by atoms with Gasteiger partial charge in [0.05, 0.1) is 35.4 Å². The van der Waals surface area contributed by atoms with Crippen molar-refractivity contribution < 1.29 is 27.4 Å². The molecule has 1 amide bonds. The average molecular weight is 465 g/mol. The van der Waals surface area contributed by atoms with Gasteiger partial charge in [-0.1, -0.05) is 11.6 Å². The van der Waals surface area contributed by atoms with E-state index in [2.05, 4.69) is 9.97 Å². The Morgan fingerprint density at radius 2 is 2.00 bits per heavy atom. The van der Waals surface area contributed by atoms with Crippen molar-refractivity contribution in [3.8, 4) is 5.75 Å². The van der Waals surface area contributed by atoms with E-state index in [1.807, 2.05) is 0 Å². The highest BCUT2D eigenvalue weighted by Crippen LogP contribution is 2.40. The summed E-state index contributed by atoms with van der Waals surface area (Å²) in [4.78, 5) is 22.5.